The molecule has 1 aromatic heterocycles. The maximum Gasteiger partial charge on any atom is 0.267 e. The van der Waals surface area contributed by atoms with Gasteiger partial charge in [0.15, 0.2) is 0 Å². The predicted molar refractivity (Wildman–Crippen MR) is 106 cm³/mol. The highest BCUT2D eigenvalue weighted by molar-refractivity contribution is 6.36. The Hall–Kier alpha value is -2.79. The molecule has 5 nitrogen and oxygen atoms in total. The van der Waals surface area contributed by atoms with Crippen molar-refractivity contribution < 1.29 is 9.53 Å². The van der Waals surface area contributed by atoms with Crippen LogP contribution in [0.25, 0.3) is 10.9 Å². The number of aryl methyl sites for hydroxylation is 1. The second-order valence-electron chi connectivity index (χ2n) is 5.49. The summed E-state index contributed by atoms with van der Waals surface area (Å²) in [7, 11) is 3.01. The summed E-state index contributed by atoms with van der Waals surface area (Å²) in [5.41, 5.74) is 0.594. The van der Waals surface area contributed by atoms with Crippen LogP contribution in [0, 0.1) is 0 Å². The number of rotatable bonds is 6. The van der Waals surface area contributed by atoms with Gasteiger partial charge in [-0.3, -0.25) is 9.59 Å². The molecule has 0 radical (unpaired) electrons. The van der Waals surface area contributed by atoms with Gasteiger partial charge in [0.2, 0.25) is 0 Å². The van der Waals surface area contributed by atoms with Gasteiger partial charge in [-0.1, -0.05) is 36.9 Å². The number of allylic oxidation sites excluding steroid dienone is 3. The van der Waals surface area contributed by atoms with Crippen molar-refractivity contribution in [3.8, 4) is 5.75 Å². The van der Waals surface area contributed by atoms with Gasteiger partial charge in [0.25, 0.3) is 11.5 Å². The largest absolute Gasteiger partial charge is 0.495 e. The summed E-state index contributed by atoms with van der Waals surface area (Å²) < 4.78 is 6.85. The zero-order valence-electron chi connectivity index (χ0n) is 15.1. The Morgan fingerprint density at radius 3 is 2.62 bits per heavy atom. The SMILES string of the molecule is C=C/C=C(\C=C)N(CC)C(=O)c1c(OC)c2c(Cl)cccc2n(C)c1=O. The van der Waals surface area contributed by atoms with E-state index < -0.39 is 11.5 Å². The summed E-state index contributed by atoms with van der Waals surface area (Å²) in [5.74, 6) is -0.320. The summed E-state index contributed by atoms with van der Waals surface area (Å²) in [6.07, 6.45) is 4.74. The zero-order valence-corrected chi connectivity index (χ0v) is 15.8. The van der Waals surface area contributed by atoms with Crippen molar-refractivity contribution in [3.63, 3.8) is 0 Å². The minimum absolute atomic E-state index is 0.0748. The molecule has 0 unspecified atom stereocenters. The number of halogens is 1. The van der Waals surface area contributed by atoms with Gasteiger partial charge < -0.3 is 14.2 Å². The van der Waals surface area contributed by atoms with Crippen molar-refractivity contribution >= 4 is 28.4 Å². The van der Waals surface area contributed by atoms with Gasteiger partial charge in [0, 0.05) is 19.3 Å². The molecule has 136 valence electrons. The van der Waals surface area contributed by atoms with E-state index in [2.05, 4.69) is 13.2 Å². The van der Waals surface area contributed by atoms with E-state index in [0.29, 0.717) is 28.2 Å². The minimum atomic E-state index is -0.486. The van der Waals surface area contributed by atoms with Crippen LogP contribution in [-0.2, 0) is 7.05 Å². The monoisotopic (exact) mass is 372 g/mol. The molecule has 0 aliphatic carbocycles. The Bertz CT molecular complexity index is 973. The standard InChI is InChI=1S/C20H21ClN2O3/c1-6-10-13(7-2)23(8-3)20(25)17-18(26-5)16-14(21)11-9-12-15(16)22(4)19(17)24/h6-7,9-12H,1-2,8H2,3-5H3/b13-10+. The number of hydrogen-bond donors (Lipinski definition) is 0. The second kappa shape index (κ2) is 8.06. The fraction of sp³-hybridized carbons (Fsp3) is 0.200. The third-order valence-electron chi connectivity index (χ3n) is 4.11. The van der Waals surface area contributed by atoms with E-state index in [4.69, 9.17) is 16.3 Å². The number of ether oxygens (including phenoxy) is 1. The number of carbonyl (C=O) groups excluding carboxylic acids is 1. The van der Waals surface area contributed by atoms with E-state index in [9.17, 15) is 9.59 Å². The number of carbonyl (C=O) groups is 1. The molecule has 0 aliphatic heterocycles. The average Bonchev–Trinajstić information content (AvgIpc) is 2.64. The lowest BCUT2D eigenvalue weighted by Crippen LogP contribution is -2.36. The lowest BCUT2D eigenvalue weighted by molar-refractivity contribution is 0.0812. The molecule has 0 atom stereocenters. The van der Waals surface area contributed by atoms with Crippen molar-refractivity contribution in [1.29, 1.82) is 0 Å². The van der Waals surface area contributed by atoms with E-state index in [1.54, 1.807) is 37.4 Å². The number of aromatic nitrogens is 1. The lowest BCUT2D eigenvalue weighted by Gasteiger charge is -2.23. The Labute approximate surface area is 157 Å². The van der Waals surface area contributed by atoms with Crippen molar-refractivity contribution in [1.82, 2.24) is 9.47 Å². The van der Waals surface area contributed by atoms with Crippen LogP contribution in [0.2, 0.25) is 5.02 Å². The molecule has 1 amide bonds. The Morgan fingerprint density at radius 1 is 1.38 bits per heavy atom. The lowest BCUT2D eigenvalue weighted by atomic mass is 10.1. The molecule has 0 spiro atoms. The maximum atomic E-state index is 13.2. The summed E-state index contributed by atoms with van der Waals surface area (Å²) >= 11 is 6.33. The first-order valence-corrected chi connectivity index (χ1v) is 8.42. The first kappa shape index (κ1) is 19.5. The molecule has 0 bridgehead atoms. The van der Waals surface area contributed by atoms with Crippen LogP contribution in [0.3, 0.4) is 0 Å². The summed E-state index contributed by atoms with van der Waals surface area (Å²) in [6.45, 7) is 9.52. The molecule has 6 heteroatoms. The minimum Gasteiger partial charge on any atom is -0.495 e. The third kappa shape index (κ3) is 3.18. The van der Waals surface area contributed by atoms with Crippen LogP contribution in [0.15, 0.2) is 60.1 Å². The number of hydrogen-bond acceptors (Lipinski definition) is 3. The third-order valence-corrected chi connectivity index (χ3v) is 4.43. The topological polar surface area (TPSA) is 51.5 Å². The van der Waals surface area contributed by atoms with Gasteiger partial charge in [-0.2, -0.15) is 0 Å². The van der Waals surface area contributed by atoms with Crippen LogP contribution >= 0.6 is 11.6 Å². The highest BCUT2D eigenvalue weighted by Gasteiger charge is 2.27. The number of methoxy groups -OCH3 is 1. The number of pyridine rings is 1. The van der Waals surface area contributed by atoms with E-state index in [1.165, 1.54) is 22.7 Å². The average molecular weight is 373 g/mol. The molecule has 0 fully saturated rings. The van der Waals surface area contributed by atoms with Gasteiger partial charge in [-0.05, 0) is 31.2 Å². The number of fused-ring (bicyclic) bond motifs is 1. The van der Waals surface area contributed by atoms with Crippen LogP contribution in [0.5, 0.6) is 5.75 Å². The normalized spacial score (nSPS) is 11.3. The first-order valence-electron chi connectivity index (χ1n) is 8.05. The predicted octanol–water partition coefficient (Wildman–Crippen LogP) is 3.92. The van der Waals surface area contributed by atoms with Gasteiger partial charge in [-0.15, -0.1) is 0 Å². The fourth-order valence-corrected chi connectivity index (χ4v) is 3.13. The van der Waals surface area contributed by atoms with Crippen molar-refractivity contribution in [2.45, 2.75) is 6.92 Å². The molecule has 1 heterocycles. The maximum absolute atomic E-state index is 13.2. The molecule has 2 aromatic rings. The molecule has 0 saturated heterocycles. The van der Waals surface area contributed by atoms with Gasteiger partial charge in [-0.25, -0.2) is 0 Å². The zero-order chi connectivity index (χ0) is 19.4. The number of benzene rings is 1. The Kier molecular flexibility index (Phi) is 6.05. The number of likely N-dealkylation sites (N-methyl/N-ethyl adjacent to an activating group) is 1. The van der Waals surface area contributed by atoms with E-state index in [1.807, 2.05) is 6.92 Å². The van der Waals surface area contributed by atoms with Crippen molar-refractivity contribution in [2.24, 2.45) is 7.05 Å². The van der Waals surface area contributed by atoms with Crippen LogP contribution in [0.4, 0.5) is 0 Å². The van der Waals surface area contributed by atoms with Gasteiger partial charge >= 0.3 is 0 Å². The van der Waals surface area contributed by atoms with E-state index in [-0.39, 0.29) is 11.3 Å². The second-order valence-corrected chi connectivity index (χ2v) is 5.89. The van der Waals surface area contributed by atoms with E-state index in [0.717, 1.165) is 0 Å². The smallest absolute Gasteiger partial charge is 0.267 e. The van der Waals surface area contributed by atoms with Crippen LogP contribution in [-0.4, -0.2) is 29.0 Å². The summed E-state index contributed by atoms with van der Waals surface area (Å²) in [6, 6.07) is 5.19. The van der Waals surface area contributed by atoms with E-state index >= 15 is 0 Å². The molecule has 0 saturated carbocycles. The first-order chi connectivity index (χ1) is 12.4. The quantitative estimate of drug-likeness (QED) is 0.722. The number of amides is 1. The molecular formula is C20H21ClN2O3. The molecule has 26 heavy (non-hydrogen) atoms. The molecular weight excluding hydrogens is 352 g/mol. The highest BCUT2D eigenvalue weighted by Crippen LogP contribution is 2.34. The van der Waals surface area contributed by atoms with Gasteiger partial charge in [0.1, 0.15) is 11.3 Å². The Balaban J connectivity index is 2.86. The summed E-state index contributed by atoms with van der Waals surface area (Å²) in [5, 5.41) is 0.920. The Morgan fingerprint density at radius 2 is 2.08 bits per heavy atom. The van der Waals surface area contributed by atoms with Crippen LogP contribution in [0.1, 0.15) is 17.3 Å². The fourth-order valence-electron chi connectivity index (χ4n) is 2.88. The van der Waals surface area contributed by atoms with Crippen molar-refractivity contribution in [2.75, 3.05) is 13.7 Å². The molecule has 1 aromatic carbocycles. The molecule has 0 aliphatic rings. The van der Waals surface area contributed by atoms with Gasteiger partial charge in [0.05, 0.1) is 23.0 Å². The summed E-state index contributed by atoms with van der Waals surface area (Å²) in [4.78, 5) is 27.6. The number of nitrogens with zero attached hydrogens (tertiary/aromatic N) is 2. The van der Waals surface area contributed by atoms with Crippen molar-refractivity contribution in [3.05, 3.63) is 76.2 Å². The highest BCUT2D eigenvalue weighted by atomic mass is 35.5. The molecule has 0 N–H and O–H groups in total. The van der Waals surface area contributed by atoms with Crippen LogP contribution < -0.4 is 10.3 Å². The molecule has 2 rings (SSSR count).